The average Bonchev–Trinajstić information content (AvgIpc) is 2.37. The number of hydrogen-bond acceptors (Lipinski definition) is 2. The van der Waals surface area contributed by atoms with Crippen LogP contribution in [0, 0.1) is 12.8 Å². The largest absolute Gasteiger partial charge is 0.481 e. The van der Waals surface area contributed by atoms with Gasteiger partial charge in [0, 0.05) is 25.2 Å². The highest BCUT2D eigenvalue weighted by molar-refractivity contribution is 5.66. The van der Waals surface area contributed by atoms with E-state index < -0.39 is 5.97 Å². The lowest BCUT2D eigenvalue weighted by Crippen LogP contribution is -2.35. The van der Waals surface area contributed by atoms with Gasteiger partial charge in [0.1, 0.15) is 0 Å². The van der Waals surface area contributed by atoms with Gasteiger partial charge in [-0.3, -0.25) is 4.79 Å². The summed E-state index contributed by atoms with van der Waals surface area (Å²) in [5, 5.41) is 8.75. The molecular formula is C15H21NO2. The highest BCUT2D eigenvalue weighted by Crippen LogP contribution is 2.26. The lowest BCUT2D eigenvalue weighted by Gasteiger charge is -2.34. The predicted octanol–water partition coefficient (Wildman–Crippen LogP) is 3.08. The van der Waals surface area contributed by atoms with Gasteiger partial charge < -0.3 is 10.0 Å². The maximum atomic E-state index is 10.6. The third-order valence-electron chi connectivity index (χ3n) is 3.65. The number of carboxylic acid groups (broad SMARTS) is 1. The lowest BCUT2D eigenvalue weighted by molar-refractivity contribution is -0.137. The van der Waals surface area contributed by atoms with E-state index in [1.807, 2.05) is 0 Å². The van der Waals surface area contributed by atoms with Crippen molar-refractivity contribution in [1.29, 1.82) is 0 Å². The molecule has 3 heteroatoms. The van der Waals surface area contributed by atoms with Crippen LogP contribution >= 0.6 is 0 Å². The standard InChI is InChI=1S/C15H21NO2/c1-12-4-2-6-14(10-12)16-9-3-5-13(11-16)7-8-15(17)18/h2,4,6,10,13H,3,5,7-9,11H2,1H3,(H,17,18). The topological polar surface area (TPSA) is 40.5 Å². The van der Waals surface area contributed by atoms with Gasteiger partial charge in [0.05, 0.1) is 0 Å². The summed E-state index contributed by atoms with van der Waals surface area (Å²) < 4.78 is 0. The quantitative estimate of drug-likeness (QED) is 0.889. The fourth-order valence-corrected chi connectivity index (χ4v) is 2.69. The second-order valence-electron chi connectivity index (χ2n) is 5.23. The summed E-state index contributed by atoms with van der Waals surface area (Å²) in [5.41, 5.74) is 2.55. The molecule has 0 aliphatic carbocycles. The van der Waals surface area contributed by atoms with Crippen LogP contribution in [0.5, 0.6) is 0 Å². The number of rotatable bonds is 4. The Bertz CT molecular complexity index is 417. The van der Waals surface area contributed by atoms with Crippen molar-refractivity contribution in [3.05, 3.63) is 29.8 Å². The van der Waals surface area contributed by atoms with Crippen molar-refractivity contribution in [3.8, 4) is 0 Å². The number of aryl methyl sites for hydroxylation is 1. The molecule has 0 bridgehead atoms. The van der Waals surface area contributed by atoms with Crippen LogP contribution in [-0.4, -0.2) is 24.2 Å². The first-order valence-electron chi connectivity index (χ1n) is 6.68. The summed E-state index contributed by atoms with van der Waals surface area (Å²) in [5.74, 6) is -0.155. The number of hydrogen-bond donors (Lipinski definition) is 1. The van der Waals surface area contributed by atoms with Gasteiger partial charge in [-0.1, -0.05) is 12.1 Å². The van der Waals surface area contributed by atoms with E-state index in [1.165, 1.54) is 11.3 Å². The predicted molar refractivity (Wildman–Crippen MR) is 73.0 cm³/mol. The molecule has 3 nitrogen and oxygen atoms in total. The molecule has 0 spiro atoms. The van der Waals surface area contributed by atoms with Crippen LogP contribution in [0.25, 0.3) is 0 Å². The number of aliphatic carboxylic acids is 1. The van der Waals surface area contributed by atoms with Crippen molar-refractivity contribution >= 4 is 11.7 Å². The highest BCUT2D eigenvalue weighted by Gasteiger charge is 2.20. The molecule has 1 aromatic rings. The van der Waals surface area contributed by atoms with E-state index in [4.69, 9.17) is 5.11 Å². The van der Waals surface area contributed by atoms with Gasteiger partial charge in [0.15, 0.2) is 0 Å². The number of anilines is 1. The zero-order valence-corrected chi connectivity index (χ0v) is 10.9. The van der Waals surface area contributed by atoms with E-state index in [-0.39, 0.29) is 0 Å². The smallest absolute Gasteiger partial charge is 0.303 e. The SMILES string of the molecule is Cc1cccc(N2CCCC(CCC(=O)O)C2)c1. The number of carbonyl (C=O) groups is 1. The Morgan fingerprint density at radius 3 is 3.06 bits per heavy atom. The monoisotopic (exact) mass is 247 g/mol. The number of piperidine rings is 1. The maximum Gasteiger partial charge on any atom is 0.303 e. The van der Waals surface area contributed by atoms with Gasteiger partial charge in [-0.25, -0.2) is 0 Å². The Hall–Kier alpha value is -1.51. The summed E-state index contributed by atoms with van der Waals surface area (Å²) in [4.78, 5) is 13.0. The zero-order valence-electron chi connectivity index (χ0n) is 10.9. The van der Waals surface area contributed by atoms with Crippen LogP contribution in [0.4, 0.5) is 5.69 Å². The van der Waals surface area contributed by atoms with Crippen molar-refractivity contribution in [2.24, 2.45) is 5.92 Å². The molecule has 98 valence electrons. The maximum absolute atomic E-state index is 10.6. The molecule has 0 amide bonds. The van der Waals surface area contributed by atoms with Gasteiger partial charge in [-0.05, 0) is 49.8 Å². The third-order valence-corrected chi connectivity index (χ3v) is 3.65. The number of nitrogens with zero attached hydrogens (tertiary/aromatic N) is 1. The Kier molecular flexibility index (Phi) is 4.24. The van der Waals surface area contributed by atoms with Crippen molar-refractivity contribution < 1.29 is 9.90 Å². The molecule has 1 aromatic carbocycles. The minimum absolute atomic E-state index is 0.298. The molecule has 1 heterocycles. The summed E-state index contributed by atoms with van der Waals surface area (Å²) in [7, 11) is 0. The Labute approximate surface area is 108 Å². The first kappa shape index (κ1) is 12.9. The van der Waals surface area contributed by atoms with E-state index in [0.717, 1.165) is 32.4 Å². The molecule has 1 atom stereocenters. The van der Waals surface area contributed by atoms with Gasteiger partial charge >= 0.3 is 5.97 Å². The van der Waals surface area contributed by atoms with Gasteiger partial charge in [-0.2, -0.15) is 0 Å². The number of carboxylic acids is 1. The Morgan fingerprint density at radius 1 is 1.50 bits per heavy atom. The highest BCUT2D eigenvalue weighted by atomic mass is 16.4. The summed E-state index contributed by atoms with van der Waals surface area (Å²) in [6.07, 6.45) is 3.43. The molecule has 0 radical (unpaired) electrons. The molecule has 1 fully saturated rings. The second-order valence-corrected chi connectivity index (χ2v) is 5.23. The van der Waals surface area contributed by atoms with Crippen LogP contribution in [0.1, 0.15) is 31.2 Å². The minimum atomic E-state index is -0.678. The van der Waals surface area contributed by atoms with Crippen LogP contribution < -0.4 is 4.90 Å². The molecule has 1 N–H and O–H groups in total. The van der Waals surface area contributed by atoms with E-state index in [1.54, 1.807) is 0 Å². The van der Waals surface area contributed by atoms with E-state index in [9.17, 15) is 4.79 Å². The molecule has 2 rings (SSSR count). The molecule has 1 aliphatic rings. The molecule has 0 aromatic heterocycles. The summed E-state index contributed by atoms with van der Waals surface area (Å²) >= 11 is 0. The Balaban J connectivity index is 1.96. The normalized spacial score (nSPS) is 19.8. The van der Waals surface area contributed by atoms with Gasteiger partial charge in [-0.15, -0.1) is 0 Å². The molecule has 0 saturated carbocycles. The first-order valence-corrected chi connectivity index (χ1v) is 6.68. The van der Waals surface area contributed by atoms with E-state index in [0.29, 0.717) is 12.3 Å². The second kappa shape index (κ2) is 5.89. The Morgan fingerprint density at radius 2 is 2.33 bits per heavy atom. The van der Waals surface area contributed by atoms with E-state index in [2.05, 4.69) is 36.1 Å². The van der Waals surface area contributed by atoms with Crippen molar-refractivity contribution in [1.82, 2.24) is 0 Å². The zero-order chi connectivity index (χ0) is 13.0. The molecule has 1 unspecified atom stereocenters. The van der Waals surface area contributed by atoms with Crippen LogP contribution in [0.15, 0.2) is 24.3 Å². The van der Waals surface area contributed by atoms with Gasteiger partial charge in [0.25, 0.3) is 0 Å². The fraction of sp³-hybridized carbons (Fsp3) is 0.533. The molecule has 1 saturated heterocycles. The van der Waals surface area contributed by atoms with E-state index >= 15 is 0 Å². The van der Waals surface area contributed by atoms with Crippen LogP contribution in [0.2, 0.25) is 0 Å². The molecule has 1 aliphatic heterocycles. The third kappa shape index (κ3) is 3.49. The summed E-state index contributed by atoms with van der Waals surface area (Å²) in [6, 6.07) is 8.55. The number of benzene rings is 1. The van der Waals surface area contributed by atoms with Crippen molar-refractivity contribution in [3.63, 3.8) is 0 Å². The van der Waals surface area contributed by atoms with Crippen molar-refractivity contribution in [2.75, 3.05) is 18.0 Å². The van der Waals surface area contributed by atoms with Crippen molar-refractivity contribution in [2.45, 2.75) is 32.6 Å². The minimum Gasteiger partial charge on any atom is -0.481 e. The average molecular weight is 247 g/mol. The molecule has 18 heavy (non-hydrogen) atoms. The molecular weight excluding hydrogens is 226 g/mol. The van der Waals surface area contributed by atoms with Crippen LogP contribution in [-0.2, 0) is 4.79 Å². The van der Waals surface area contributed by atoms with Crippen LogP contribution in [0.3, 0.4) is 0 Å². The summed E-state index contributed by atoms with van der Waals surface area (Å²) in [6.45, 7) is 4.19. The first-order chi connectivity index (χ1) is 8.65. The van der Waals surface area contributed by atoms with Gasteiger partial charge in [0.2, 0.25) is 0 Å². The lowest BCUT2D eigenvalue weighted by atomic mass is 9.93. The fourth-order valence-electron chi connectivity index (χ4n) is 2.69.